The molecule has 6 heteroatoms. The molecule has 0 aliphatic heterocycles. The van der Waals surface area contributed by atoms with Gasteiger partial charge in [0.15, 0.2) is 0 Å². The van der Waals surface area contributed by atoms with Gasteiger partial charge in [0.2, 0.25) is 0 Å². The second-order valence-corrected chi connectivity index (χ2v) is 5.20. The number of nitrogen functional groups attached to an aromatic ring is 1. The van der Waals surface area contributed by atoms with Crippen LogP contribution in [0.3, 0.4) is 0 Å². The van der Waals surface area contributed by atoms with Crippen LogP contribution in [0.1, 0.15) is 15.2 Å². The molecule has 0 radical (unpaired) electrons. The van der Waals surface area contributed by atoms with E-state index in [0.717, 1.165) is 0 Å². The summed E-state index contributed by atoms with van der Waals surface area (Å²) in [4.78, 5) is 12.1. The summed E-state index contributed by atoms with van der Waals surface area (Å²) in [6.45, 7) is 0.0650. The van der Waals surface area contributed by atoms with Crippen molar-refractivity contribution < 1.29 is 9.53 Å². The van der Waals surface area contributed by atoms with Crippen LogP contribution in [0.4, 0.5) is 5.69 Å². The van der Waals surface area contributed by atoms with Crippen molar-refractivity contribution in [2.75, 3.05) is 5.73 Å². The number of thiophene rings is 1. The number of carbonyl (C=O) groups excluding carboxylic acids is 1. The Morgan fingerprint density at radius 2 is 2.11 bits per heavy atom. The zero-order valence-corrected chi connectivity index (χ0v) is 11.5. The molecule has 1 aromatic carbocycles. The predicted molar refractivity (Wildman–Crippen MR) is 74.3 cm³/mol. The van der Waals surface area contributed by atoms with E-state index < -0.39 is 5.97 Å². The second kappa shape index (κ2) is 5.61. The topological polar surface area (TPSA) is 52.3 Å². The molecule has 2 rings (SSSR count). The highest BCUT2D eigenvalue weighted by Crippen LogP contribution is 2.27. The van der Waals surface area contributed by atoms with Crippen molar-refractivity contribution in [3.8, 4) is 0 Å². The Morgan fingerprint density at radius 1 is 1.33 bits per heavy atom. The Kier molecular flexibility index (Phi) is 4.11. The van der Waals surface area contributed by atoms with Crippen molar-refractivity contribution >= 4 is 46.2 Å². The molecule has 0 aliphatic carbocycles. The Labute approximate surface area is 118 Å². The Bertz CT molecular complexity index is 583. The predicted octanol–water partition coefficient (Wildman–Crippen LogP) is 3.99. The zero-order chi connectivity index (χ0) is 13.1. The van der Waals surface area contributed by atoms with E-state index in [2.05, 4.69) is 0 Å². The Morgan fingerprint density at radius 3 is 2.78 bits per heavy atom. The fraction of sp³-hybridized carbons (Fsp3) is 0.0833. The molecule has 0 saturated carbocycles. The average molecular weight is 302 g/mol. The van der Waals surface area contributed by atoms with Crippen molar-refractivity contribution in [2.24, 2.45) is 0 Å². The molecule has 0 saturated heterocycles. The molecule has 18 heavy (non-hydrogen) atoms. The average Bonchev–Trinajstić information content (AvgIpc) is 2.77. The van der Waals surface area contributed by atoms with Crippen molar-refractivity contribution in [2.45, 2.75) is 6.61 Å². The molecule has 0 fully saturated rings. The highest BCUT2D eigenvalue weighted by Gasteiger charge is 2.14. The number of nitrogens with two attached hydrogens (primary N) is 1. The number of carbonyl (C=O) groups is 1. The lowest BCUT2D eigenvalue weighted by molar-refractivity contribution is 0.0480. The SMILES string of the molecule is Nc1ccsc1C(=O)OCc1cccc(Cl)c1Cl. The maximum Gasteiger partial charge on any atom is 0.350 e. The van der Waals surface area contributed by atoms with Gasteiger partial charge >= 0.3 is 5.97 Å². The Hall–Kier alpha value is -1.23. The summed E-state index contributed by atoms with van der Waals surface area (Å²) < 4.78 is 5.14. The number of hydrogen-bond acceptors (Lipinski definition) is 4. The number of hydrogen-bond donors (Lipinski definition) is 1. The van der Waals surface area contributed by atoms with Gasteiger partial charge in [-0.1, -0.05) is 35.3 Å². The van der Waals surface area contributed by atoms with Crippen LogP contribution in [0.2, 0.25) is 10.0 Å². The zero-order valence-electron chi connectivity index (χ0n) is 9.15. The van der Waals surface area contributed by atoms with Crippen LogP contribution in [0.15, 0.2) is 29.6 Å². The van der Waals surface area contributed by atoms with Gasteiger partial charge in [-0.05, 0) is 17.5 Å². The highest BCUT2D eigenvalue weighted by atomic mass is 35.5. The molecule has 0 atom stereocenters. The van der Waals surface area contributed by atoms with Crippen LogP contribution < -0.4 is 5.73 Å². The number of rotatable bonds is 3. The summed E-state index contributed by atoms with van der Waals surface area (Å²) >= 11 is 13.1. The summed E-state index contributed by atoms with van der Waals surface area (Å²) in [5.41, 5.74) is 6.71. The smallest absolute Gasteiger partial charge is 0.350 e. The molecule has 0 unspecified atom stereocenters. The summed E-state index contributed by atoms with van der Waals surface area (Å²) in [6, 6.07) is 6.83. The van der Waals surface area contributed by atoms with E-state index >= 15 is 0 Å². The first-order chi connectivity index (χ1) is 8.59. The minimum absolute atomic E-state index is 0.0650. The molecular formula is C12H9Cl2NO2S. The maximum absolute atomic E-state index is 11.7. The van der Waals surface area contributed by atoms with Gasteiger partial charge in [-0.25, -0.2) is 4.79 Å². The van der Waals surface area contributed by atoms with E-state index in [-0.39, 0.29) is 6.61 Å². The van der Waals surface area contributed by atoms with Crippen molar-refractivity contribution in [3.63, 3.8) is 0 Å². The van der Waals surface area contributed by atoms with Crippen molar-refractivity contribution in [3.05, 3.63) is 50.1 Å². The number of halogens is 2. The molecule has 94 valence electrons. The van der Waals surface area contributed by atoms with Gasteiger partial charge in [-0.15, -0.1) is 11.3 Å². The third kappa shape index (κ3) is 2.77. The van der Waals surface area contributed by atoms with E-state index in [9.17, 15) is 4.79 Å². The second-order valence-electron chi connectivity index (χ2n) is 3.49. The lowest BCUT2D eigenvalue weighted by atomic mass is 10.2. The molecule has 0 bridgehead atoms. The van der Waals surface area contributed by atoms with Crippen LogP contribution in [-0.2, 0) is 11.3 Å². The van der Waals surface area contributed by atoms with Crippen LogP contribution >= 0.6 is 34.5 Å². The minimum Gasteiger partial charge on any atom is -0.457 e. The maximum atomic E-state index is 11.7. The van der Waals surface area contributed by atoms with E-state index in [1.807, 2.05) is 0 Å². The van der Waals surface area contributed by atoms with E-state index in [1.54, 1.807) is 29.6 Å². The first-order valence-corrected chi connectivity index (χ1v) is 6.66. The number of benzene rings is 1. The summed E-state index contributed by atoms with van der Waals surface area (Å²) in [5.74, 6) is -0.460. The highest BCUT2D eigenvalue weighted by molar-refractivity contribution is 7.12. The fourth-order valence-corrected chi connectivity index (χ4v) is 2.44. The molecule has 2 aromatic rings. The Balaban J connectivity index is 2.06. The van der Waals surface area contributed by atoms with Crippen LogP contribution in [0.5, 0.6) is 0 Å². The van der Waals surface area contributed by atoms with Gasteiger partial charge in [-0.2, -0.15) is 0 Å². The van der Waals surface area contributed by atoms with Gasteiger partial charge in [0, 0.05) is 5.56 Å². The minimum atomic E-state index is -0.460. The molecule has 1 heterocycles. The number of ether oxygens (including phenoxy) is 1. The number of anilines is 1. The molecule has 3 nitrogen and oxygen atoms in total. The molecule has 0 aliphatic rings. The van der Waals surface area contributed by atoms with E-state index in [4.69, 9.17) is 33.7 Å². The van der Waals surface area contributed by atoms with Gasteiger partial charge in [0.05, 0.1) is 15.7 Å². The normalized spacial score (nSPS) is 10.3. The molecule has 0 spiro atoms. The van der Waals surface area contributed by atoms with Gasteiger partial charge in [0.1, 0.15) is 11.5 Å². The standard InChI is InChI=1S/C12H9Cl2NO2S/c13-8-3-1-2-7(10(8)14)6-17-12(16)11-9(15)4-5-18-11/h1-5H,6,15H2. The van der Waals surface area contributed by atoms with Crippen molar-refractivity contribution in [1.29, 1.82) is 0 Å². The number of esters is 1. The molecule has 1 aromatic heterocycles. The summed E-state index contributed by atoms with van der Waals surface area (Å²) in [7, 11) is 0. The van der Waals surface area contributed by atoms with E-state index in [1.165, 1.54) is 11.3 Å². The lowest BCUT2D eigenvalue weighted by Crippen LogP contribution is -2.05. The summed E-state index contributed by atoms with van der Waals surface area (Å²) in [5, 5.41) is 2.56. The van der Waals surface area contributed by atoms with Crippen LogP contribution in [-0.4, -0.2) is 5.97 Å². The van der Waals surface area contributed by atoms with Crippen LogP contribution in [0.25, 0.3) is 0 Å². The van der Waals surface area contributed by atoms with Gasteiger partial charge in [0.25, 0.3) is 0 Å². The lowest BCUT2D eigenvalue weighted by Gasteiger charge is -2.07. The first kappa shape index (κ1) is 13.2. The first-order valence-electron chi connectivity index (χ1n) is 5.02. The molecule has 0 amide bonds. The summed E-state index contributed by atoms with van der Waals surface area (Å²) in [6.07, 6.45) is 0. The fourth-order valence-electron chi connectivity index (χ4n) is 1.35. The van der Waals surface area contributed by atoms with Gasteiger partial charge < -0.3 is 10.5 Å². The monoisotopic (exact) mass is 301 g/mol. The molecular weight excluding hydrogens is 293 g/mol. The third-order valence-corrected chi connectivity index (χ3v) is 4.04. The molecule has 2 N–H and O–H groups in total. The van der Waals surface area contributed by atoms with E-state index in [0.29, 0.717) is 26.2 Å². The quantitative estimate of drug-likeness (QED) is 0.872. The van der Waals surface area contributed by atoms with Gasteiger partial charge in [-0.3, -0.25) is 0 Å². The van der Waals surface area contributed by atoms with Crippen molar-refractivity contribution in [1.82, 2.24) is 0 Å². The third-order valence-electron chi connectivity index (χ3n) is 2.27. The van der Waals surface area contributed by atoms with Crippen LogP contribution in [0, 0.1) is 0 Å². The largest absolute Gasteiger partial charge is 0.457 e.